The molecule has 0 bridgehead atoms. The Morgan fingerprint density at radius 3 is 2.00 bits per heavy atom. The van der Waals surface area contributed by atoms with Gasteiger partial charge in [-0.25, -0.2) is 19.8 Å². The number of rotatable bonds is 23. The molecule has 1 amide bonds. The van der Waals surface area contributed by atoms with Gasteiger partial charge >= 0.3 is 7.87 Å². The number of hydrogen-bond donors (Lipinski definition) is 2. The monoisotopic (exact) mass is 961 g/mol. The molecule has 2 N–H and O–H groups in total. The van der Waals surface area contributed by atoms with Crippen molar-refractivity contribution in [2.75, 3.05) is 59.6 Å². The lowest BCUT2D eigenvalue weighted by Gasteiger charge is -2.39. The van der Waals surface area contributed by atoms with Crippen LogP contribution < -0.4 is 14.8 Å². The van der Waals surface area contributed by atoms with Crippen LogP contribution in [0.3, 0.4) is 0 Å². The smallest absolute Gasteiger partial charge is 0.347 e. The quantitative estimate of drug-likeness (QED) is 0.0272. The highest BCUT2D eigenvalue weighted by atomic mass is 31.2. The second kappa shape index (κ2) is 23.1. The minimum atomic E-state index is -3.62. The van der Waals surface area contributed by atoms with Crippen molar-refractivity contribution in [3.63, 3.8) is 0 Å². The first-order chi connectivity index (χ1) is 33.3. The van der Waals surface area contributed by atoms with Crippen LogP contribution in [0, 0.1) is 11.3 Å². The van der Waals surface area contributed by atoms with E-state index in [0.29, 0.717) is 28.2 Å². The molecule has 0 saturated carbocycles. The number of nitrogens with one attached hydrogen (secondary N) is 1. The summed E-state index contributed by atoms with van der Waals surface area (Å²) in [4.78, 5) is 46.0. The van der Waals surface area contributed by atoms with E-state index in [1.165, 1.54) is 6.33 Å². The Morgan fingerprint density at radius 1 is 0.841 bits per heavy atom. The van der Waals surface area contributed by atoms with Crippen LogP contribution in [0.15, 0.2) is 122 Å². The van der Waals surface area contributed by atoms with Gasteiger partial charge in [0.15, 0.2) is 29.3 Å². The van der Waals surface area contributed by atoms with Gasteiger partial charge < -0.3 is 29.0 Å². The van der Waals surface area contributed by atoms with E-state index in [1.807, 2.05) is 117 Å². The van der Waals surface area contributed by atoms with Crippen molar-refractivity contribution in [3.05, 3.63) is 144 Å². The van der Waals surface area contributed by atoms with E-state index in [4.69, 9.17) is 38.0 Å². The number of amides is 1. The number of anilines is 1. The minimum Gasteiger partial charge on any atom is -0.497 e. The van der Waals surface area contributed by atoms with Crippen LogP contribution in [0.4, 0.5) is 5.82 Å². The topological polar surface area (TPSA) is 188 Å². The molecule has 1 aliphatic heterocycles. The first-order valence-corrected chi connectivity index (χ1v) is 24.7. The molecule has 4 aromatic carbocycles. The molecule has 6 aromatic rings. The number of hydroxylamine groups is 2. The summed E-state index contributed by atoms with van der Waals surface area (Å²) in [5, 5.41) is 14.4. The summed E-state index contributed by atoms with van der Waals surface area (Å²) in [5.74, 6) is 1.17. The Labute approximate surface area is 404 Å². The standard InChI is InChI=1S/C51H61N8O9P/c1-35(2)59(36(3)4)69(61,31-15-28-52)68-45-43(32-65-51(38-18-13-10-14-19-38,39-20-24-41(62-7)25-21-39)40-22-26-42(63-8)27-23-40)67-50(46(45)64-29-30-66-57(5)6)58-34-55-44-47(53-33-54-48(44)58)56-49(60)37-16-11-9-12-17-37/h9-14,16-27,33-36,43,45-46,50,61H,15,29-32H2,1-8H3/p+1/t43-,45-,46-,50-,69?/m1/s1. The number of fused-ring (bicyclic) bond motifs is 1. The second-order valence-electron chi connectivity index (χ2n) is 17.2. The SMILES string of the molecule is COc1ccc(C(OC[C@H]2O[C@@H](n3cnc4c(NC(=O)c5ccccc5)ncnc43)[C@H](OCCON(C)C)[C@@H]2O[P+](O)(CCC#N)N(C(C)C)C(C)C)(c2ccccc2)c2ccc(OC)cc2)cc1. The lowest BCUT2D eigenvalue weighted by molar-refractivity contribution is -0.150. The van der Waals surface area contributed by atoms with Gasteiger partial charge in [0.25, 0.3) is 5.91 Å². The highest BCUT2D eigenvalue weighted by molar-refractivity contribution is 7.63. The van der Waals surface area contributed by atoms with Crippen molar-refractivity contribution >= 4 is 30.8 Å². The van der Waals surface area contributed by atoms with Gasteiger partial charge in [-0.3, -0.25) is 14.2 Å². The van der Waals surface area contributed by atoms with Crippen LogP contribution in [0.1, 0.15) is 67.4 Å². The van der Waals surface area contributed by atoms with E-state index in [-0.39, 0.29) is 56.2 Å². The summed E-state index contributed by atoms with van der Waals surface area (Å²) in [6.07, 6.45) is -0.923. The first-order valence-electron chi connectivity index (χ1n) is 22.9. The van der Waals surface area contributed by atoms with Gasteiger partial charge in [0, 0.05) is 31.7 Å². The fourth-order valence-electron chi connectivity index (χ4n) is 8.89. The average molecular weight is 962 g/mol. The maximum absolute atomic E-state index is 13.4. The zero-order valence-corrected chi connectivity index (χ0v) is 41.2. The maximum Gasteiger partial charge on any atom is 0.347 e. The molecular formula is C51H62N8O9P+. The molecule has 69 heavy (non-hydrogen) atoms. The summed E-state index contributed by atoms with van der Waals surface area (Å²) in [7, 11) is 3.19. The zero-order valence-electron chi connectivity index (χ0n) is 40.3. The number of carbonyl (C=O) groups excluding carboxylic acids is 1. The predicted octanol–water partition coefficient (Wildman–Crippen LogP) is 8.05. The van der Waals surface area contributed by atoms with E-state index in [1.54, 1.807) is 68.5 Å². The Morgan fingerprint density at radius 2 is 1.43 bits per heavy atom. The first kappa shape index (κ1) is 51.0. The van der Waals surface area contributed by atoms with Crippen LogP contribution in [0.5, 0.6) is 11.5 Å². The van der Waals surface area contributed by atoms with Crippen molar-refractivity contribution in [1.82, 2.24) is 29.3 Å². The van der Waals surface area contributed by atoms with Crippen molar-refractivity contribution in [1.29, 1.82) is 5.26 Å². The molecule has 5 atom stereocenters. The van der Waals surface area contributed by atoms with Gasteiger partial charge in [-0.1, -0.05) is 72.8 Å². The van der Waals surface area contributed by atoms with E-state index < -0.39 is 38.0 Å². The van der Waals surface area contributed by atoms with E-state index >= 15 is 0 Å². The van der Waals surface area contributed by atoms with Gasteiger partial charge in [-0.2, -0.15) is 14.8 Å². The third-order valence-electron chi connectivity index (χ3n) is 11.8. The van der Waals surface area contributed by atoms with Crippen molar-refractivity contribution in [2.45, 2.75) is 76.3 Å². The van der Waals surface area contributed by atoms with Crippen LogP contribution in [0.2, 0.25) is 0 Å². The number of nitriles is 1. The molecule has 1 saturated heterocycles. The number of ether oxygens (including phenoxy) is 5. The molecule has 364 valence electrons. The Kier molecular flexibility index (Phi) is 17.1. The molecule has 1 aliphatic rings. The third-order valence-corrected chi connectivity index (χ3v) is 14.8. The lowest BCUT2D eigenvalue weighted by atomic mass is 9.80. The van der Waals surface area contributed by atoms with Crippen molar-refractivity contribution in [3.8, 4) is 17.6 Å². The molecule has 1 unspecified atom stereocenters. The minimum absolute atomic E-state index is 0.0349. The zero-order chi connectivity index (χ0) is 49.1. The molecule has 0 spiro atoms. The fraction of sp³-hybridized carbons (Fsp3) is 0.392. The Balaban J connectivity index is 1.38. The number of imidazole rings is 1. The van der Waals surface area contributed by atoms with Crippen molar-refractivity contribution in [2.24, 2.45) is 0 Å². The molecule has 0 aliphatic carbocycles. The normalized spacial score (nSPS) is 18.2. The summed E-state index contributed by atoms with van der Waals surface area (Å²) in [6, 6.07) is 36.0. The summed E-state index contributed by atoms with van der Waals surface area (Å²) >= 11 is 0. The van der Waals surface area contributed by atoms with E-state index in [2.05, 4.69) is 21.4 Å². The Hall–Kier alpha value is -5.90. The Bertz CT molecular complexity index is 2560. The molecule has 18 heteroatoms. The molecule has 0 radical (unpaired) electrons. The van der Waals surface area contributed by atoms with E-state index in [9.17, 15) is 14.9 Å². The molecule has 17 nitrogen and oxygen atoms in total. The largest absolute Gasteiger partial charge is 0.497 e. The number of hydrogen-bond acceptors (Lipinski definition) is 15. The predicted molar refractivity (Wildman–Crippen MR) is 262 cm³/mol. The van der Waals surface area contributed by atoms with Crippen molar-refractivity contribution < 1.29 is 42.7 Å². The van der Waals surface area contributed by atoms with Gasteiger partial charge in [0.2, 0.25) is 0 Å². The van der Waals surface area contributed by atoms with Crippen LogP contribution in [-0.2, 0) is 29.2 Å². The van der Waals surface area contributed by atoms with Crippen LogP contribution in [0.25, 0.3) is 11.2 Å². The fourth-order valence-corrected chi connectivity index (χ4v) is 11.8. The van der Waals surface area contributed by atoms with Gasteiger partial charge in [-0.15, -0.1) is 4.67 Å². The maximum atomic E-state index is 13.4. The average Bonchev–Trinajstić information content (AvgIpc) is 3.94. The third kappa shape index (κ3) is 11.4. The van der Waals surface area contributed by atoms with Gasteiger partial charge in [-0.05, 0) is 80.8 Å². The molecule has 3 heterocycles. The number of aromatic nitrogens is 4. The number of nitrogens with zero attached hydrogens (tertiary/aromatic N) is 7. The molecular weight excluding hydrogens is 900 g/mol. The molecule has 1 fully saturated rings. The summed E-state index contributed by atoms with van der Waals surface area (Å²) < 4.78 is 43.5. The summed E-state index contributed by atoms with van der Waals surface area (Å²) in [5.41, 5.74) is 2.26. The lowest BCUT2D eigenvalue weighted by Crippen LogP contribution is -2.45. The number of methoxy groups -OCH3 is 2. The number of benzene rings is 4. The van der Waals surface area contributed by atoms with Crippen LogP contribution in [-0.4, -0.2) is 125 Å². The number of carbonyl (C=O) groups is 1. The molecule has 7 rings (SSSR count). The van der Waals surface area contributed by atoms with Gasteiger partial charge in [0.05, 0.1) is 52.9 Å². The van der Waals surface area contributed by atoms with Gasteiger partial charge in [0.1, 0.15) is 41.8 Å². The molecule has 2 aromatic heterocycles. The summed E-state index contributed by atoms with van der Waals surface area (Å²) in [6.45, 7) is 8.13. The van der Waals surface area contributed by atoms with Crippen LogP contribution >= 0.6 is 7.87 Å². The highest BCUT2D eigenvalue weighted by Crippen LogP contribution is 2.64. The highest BCUT2D eigenvalue weighted by Gasteiger charge is 2.58. The van der Waals surface area contributed by atoms with E-state index in [0.717, 1.165) is 16.7 Å². The second-order valence-corrected chi connectivity index (χ2v) is 19.6.